The van der Waals surface area contributed by atoms with Gasteiger partial charge in [0.15, 0.2) is 0 Å². The summed E-state index contributed by atoms with van der Waals surface area (Å²) in [5, 5.41) is 6.86. The number of nitrogens with zero attached hydrogens (tertiary/aromatic N) is 5. The number of carbonyl (C=O) groups excluding carboxylic acids is 3. The van der Waals surface area contributed by atoms with E-state index in [1.165, 1.54) is 4.90 Å². The van der Waals surface area contributed by atoms with Gasteiger partial charge in [-0.15, -0.1) is 0 Å². The largest absolute Gasteiger partial charge is 0.376 e. The average Bonchev–Trinajstić information content (AvgIpc) is 3.41. The summed E-state index contributed by atoms with van der Waals surface area (Å²) >= 11 is 0. The molecule has 10 nitrogen and oxygen atoms in total. The monoisotopic (exact) mass is 490 g/mol. The molecule has 0 unspecified atom stereocenters. The van der Waals surface area contributed by atoms with E-state index >= 15 is 0 Å². The van der Waals surface area contributed by atoms with E-state index in [0.29, 0.717) is 43.2 Å². The Bertz CT molecular complexity index is 1220. The van der Waals surface area contributed by atoms with Gasteiger partial charge in [-0.1, -0.05) is 23.4 Å². The molecule has 36 heavy (non-hydrogen) atoms. The first-order valence-electron chi connectivity index (χ1n) is 11.8. The Morgan fingerprint density at radius 2 is 1.81 bits per heavy atom. The molecular formula is C26H30N6O4. The molecular weight excluding hydrogens is 460 g/mol. The van der Waals surface area contributed by atoms with Crippen molar-refractivity contribution < 1.29 is 18.9 Å². The van der Waals surface area contributed by atoms with Gasteiger partial charge < -0.3 is 24.5 Å². The highest BCUT2D eigenvalue weighted by molar-refractivity contribution is 5.96. The number of rotatable bonds is 8. The topological polar surface area (TPSA) is 112 Å². The van der Waals surface area contributed by atoms with Crippen LogP contribution in [0.25, 0.3) is 11.4 Å². The van der Waals surface area contributed by atoms with E-state index in [0.717, 1.165) is 23.3 Å². The molecule has 1 N–H and O–H groups in total. The van der Waals surface area contributed by atoms with E-state index in [1.54, 1.807) is 36.2 Å². The molecule has 2 heterocycles. The number of benzene rings is 2. The summed E-state index contributed by atoms with van der Waals surface area (Å²) in [5.74, 6) is 0.717. The lowest BCUT2D eigenvalue weighted by Gasteiger charge is -2.30. The fraction of sp³-hybridized carbons (Fsp3) is 0.346. The normalized spacial score (nSPS) is 13.8. The third-order valence-corrected chi connectivity index (χ3v) is 6.33. The summed E-state index contributed by atoms with van der Waals surface area (Å²) in [4.78, 5) is 45.8. The summed E-state index contributed by atoms with van der Waals surface area (Å²) in [5.41, 5.74) is 2.96. The van der Waals surface area contributed by atoms with Gasteiger partial charge in [-0.3, -0.25) is 14.4 Å². The molecule has 10 heteroatoms. The van der Waals surface area contributed by atoms with E-state index in [1.807, 2.05) is 43.3 Å². The molecule has 0 radical (unpaired) electrons. The number of aromatic nitrogens is 2. The Balaban J connectivity index is 1.34. The molecule has 0 atom stereocenters. The summed E-state index contributed by atoms with van der Waals surface area (Å²) < 4.78 is 5.58. The summed E-state index contributed by atoms with van der Waals surface area (Å²) in [7, 11) is 5.52. The minimum absolute atomic E-state index is 0.0351. The summed E-state index contributed by atoms with van der Waals surface area (Å²) in [6, 6.07) is 14.5. The van der Waals surface area contributed by atoms with Gasteiger partial charge in [0.2, 0.25) is 24.0 Å². The Kier molecular flexibility index (Phi) is 7.62. The first-order chi connectivity index (χ1) is 17.4. The minimum Gasteiger partial charge on any atom is -0.376 e. The van der Waals surface area contributed by atoms with Crippen LogP contribution in [0.5, 0.6) is 0 Å². The first-order valence-corrected chi connectivity index (χ1v) is 11.8. The molecule has 1 aliphatic heterocycles. The number of amides is 3. The van der Waals surface area contributed by atoms with Gasteiger partial charge in [-0.2, -0.15) is 4.98 Å². The maximum Gasteiger partial charge on any atom is 0.251 e. The third kappa shape index (κ3) is 5.54. The summed E-state index contributed by atoms with van der Waals surface area (Å²) in [6.07, 6.45) is 2.17. The zero-order valence-corrected chi connectivity index (χ0v) is 20.7. The molecule has 2 aromatic carbocycles. The van der Waals surface area contributed by atoms with Crippen LogP contribution in [0.3, 0.4) is 0 Å². The maximum absolute atomic E-state index is 12.6. The molecule has 0 saturated carbocycles. The van der Waals surface area contributed by atoms with Gasteiger partial charge in [0.1, 0.15) is 0 Å². The number of piperidine rings is 1. The minimum atomic E-state index is -0.263. The number of anilines is 2. The predicted molar refractivity (Wildman–Crippen MR) is 136 cm³/mol. The number of hydrogen-bond donors (Lipinski definition) is 1. The molecule has 0 aliphatic carbocycles. The van der Waals surface area contributed by atoms with Crippen molar-refractivity contribution in [2.45, 2.75) is 18.8 Å². The van der Waals surface area contributed by atoms with Crippen LogP contribution in [0.4, 0.5) is 11.4 Å². The lowest BCUT2D eigenvalue weighted by Crippen LogP contribution is -2.43. The van der Waals surface area contributed by atoms with Gasteiger partial charge in [-0.05, 0) is 43.2 Å². The molecule has 3 amide bonds. The maximum atomic E-state index is 12.6. The number of likely N-dealkylation sites (tertiary alicyclic amines) is 1. The van der Waals surface area contributed by atoms with Crippen molar-refractivity contribution in [1.29, 1.82) is 0 Å². The second kappa shape index (κ2) is 11.0. The van der Waals surface area contributed by atoms with Crippen LogP contribution in [0.15, 0.2) is 53.1 Å². The number of carbonyl (C=O) groups is 3. The van der Waals surface area contributed by atoms with Crippen LogP contribution >= 0.6 is 0 Å². The third-order valence-electron chi connectivity index (χ3n) is 6.33. The van der Waals surface area contributed by atoms with E-state index in [4.69, 9.17) is 4.52 Å². The van der Waals surface area contributed by atoms with E-state index in [-0.39, 0.29) is 24.3 Å². The van der Waals surface area contributed by atoms with Crippen LogP contribution in [0.2, 0.25) is 0 Å². The molecule has 1 aliphatic rings. The highest BCUT2D eigenvalue weighted by atomic mass is 16.5. The average molecular weight is 491 g/mol. The Morgan fingerprint density at radius 3 is 2.47 bits per heavy atom. The fourth-order valence-corrected chi connectivity index (χ4v) is 4.23. The zero-order valence-electron chi connectivity index (χ0n) is 20.7. The standard InChI is InChI=1S/C26H30N6O4/c1-30(2)22-15-20(9-10-21(22)31(3)17-33)24-28-26(36-29-24)19-11-13-32(14-12-19)23(34)16-27-25(35)18-7-5-4-6-8-18/h4-10,15,17,19H,11-14,16H2,1-3H3,(H,27,35). The molecule has 1 saturated heterocycles. The summed E-state index contributed by atoms with van der Waals surface area (Å²) in [6.45, 7) is 1.08. The van der Waals surface area contributed by atoms with Crippen molar-refractivity contribution in [3.8, 4) is 11.4 Å². The predicted octanol–water partition coefficient (Wildman–Crippen LogP) is 2.53. The Hall–Kier alpha value is -4.21. The second-order valence-electron chi connectivity index (χ2n) is 8.97. The van der Waals surface area contributed by atoms with Crippen LogP contribution in [-0.4, -0.2) is 74.0 Å². The molecule has 188 valence electrons. The zero-order chi connectivity index (χ0) is 25.7. The van der Waals surface area contributed by atoms with Crippen LogP contribution in [-0.2, 0) is 9.59 Å². The molecule has 1 fully saturated rings. The molecule has 0 spiro atoms. The molecule has 4 rings (SSSR count). The lowest BCUT2D eigenvalue weighted by molar-refractivity contribution is -0.131. The van der Waals surface area contributed by atoms with E-state index in [2.05, 4.69) is 15.5 Å². The van der Waals surface area contributed by atoms with Crippen molar-refractivity contribution in [3.63, 3.8) is 0 Å². The van der Waals surface area contributed by atoms with Gasteiger partial charge in [-0.25, -0.2) is 0 Å². The second-order valence-corrected chi connectivity index (χ2v) is 8.97. The van der Waals surface area contributed by atoms with Crippen molar-refractivity contribution in [3.05, 3.63) is 60.0 Å². The van der Waals surface area contributed by atoms with Crippen molar-refractivity contribution >= 4 is 29.6 Å². The number of nitrogens with one attached hydrogen (secondary N) is 1. The van der Waals surface area contributed by atoms with Crippen molar-refractivity contribution in [2.24, 2.45) is 0 Å². The lowest BCUT2D eigenvalue weighted by atomic mass is 9.96. The van der Waals surface area contributed by atoms with E-state index < -0.39 is 0 Å². The highest BCUT2D eigenvalue weighted by Crippen LogP contribution is 2.33. The fourth-order valence-electron chi connectivity index (χ4n) is 4.23. The van der Waals surface area contributed by atoms with Crippen molar-refractivity contribution in [2.75, 3.05) is 50.6 Å². The molecule has 3 aromatic rings. The first kappa shape index (κ1) is 24.9. The van der Waals surface area contributed by atoms with E-state index in [9.17, 15) is 14.4 Å². The van der Waals surface area contributed by atoms with Gasteiger partial charge >= 0.3 is 0 Å². The van der Waals surface area contributed by atoms with Crippen LogP contribution in [0, 0.1) is 0 Å². The number of hydrogen-bond acceptors (Lipinski definition) is 7. The molecule has 0 bridgehead atoms. The Morgan fingerprint density at radius 1 is 1.08 bits per heavy atom. The van der Waals surface area contributed by atoms with Gasteiger partial charge in [0, 0.05) is 51.3 Å². The van der Waals surface area contributed by atoms with Crippen LogP contribution < -0.4 is 15.1 Å². The SMILES string of the molecule is CN(C)c1cc(-c2noc(C3CCN(C(=O)CNC(=O)c4ccccc4)CC3)n2)ccc1N(C)C=O. The highest BCUT2D eigenvalue weighted by Gasteiger charge is 2.28. The van der Waals surface area contributed by atoms with Crippen molar-refractivity contribution in [1.82, 2.24) is 20.4 Å². The van der Waals surface area contributed by atoms with Crippen LogP contribution in [0.1, 0.15) is 35.0 Å². The van der Waals surface area contributed by atoms with Gasteiger partial charge in [0.25, 0.3) is 5.91 Å². The quantitative estimate of drug-likeness (QED) is 0.483. The molecule has 1 aromatic heterocycles. The smallest absolute Gasteiger partial charge is 0.251 e. The van der Waals surface area contributed by atoms with Gasteiger partial charge in [0.05, 0.1) is 17.9 Å². The Labute approximate surface area is 209 Å².